The third kappa shape index (κ3) is 10.8. The molecule has 2 rings (SSSR count). The van der Waals surface area contributed by atoms with Crippen LogP contribution in [-0.4, -0.2) is 18.8 Å². The highest BCUT2D eigenvalue weighted by Gasteiger charge is 2.11. The topological polar surface area (TPSA) is 27.7 Å². The molecule has 0 heterocycles. The zero-order valence-electron chi connectivity index (χ0n) is 19.1. The van der Waals surface area contributed by atoms with Gasteiger partial charge in [0.15, 0.2) is 0 Å². The molecular weight excluding hydrogens is 404 g/mol. The Bertz CT molecular complexity index is 861. The normalized spacial score (nSPS) is 12.1. The largest absolute Gasteiger partial charge is 0.493 e. The molecule has 0 saturated carbocycles. The minimum absolute atomic E-state index is 0.223. The summed E-state index contributed by atoms with van der Waals surface area (Å²) < 4.78 is 17.5. The molecule has 166 valence electrons. The van der Waals surface area contributed by atoms with Gasteiger partial charge in [-0.3, -0.25) is 0 Å². The second-order valence-corrected chi connectivity index (χ2v) is 9.04. The van der Waals surface area contributed by atoms with Gasteiger partial charge in [-0.05, 0) is 62.9 Å². The number of rotatable bonds is 12. The van der Waals surface area contributed by atoms with Gasteiger partial charge < -0.3 is 14.2 Å². The zero-order chi connectivity index (χ0) is 22.5. The molecule has 0 atom stereocenters. The summed E-state index contributed by atoms with van der Waals surface area (Å²) in [6.45, 7) is 13.1. The average Bonchev–Trinajstić information content (AvgIpc) is 2.71. The van der Waals surface area contributed by atoms with E-state index >= 15 is 0 Å². The minimum Gasteiger partial charge on any atom is -0.493 e. The summed E-state index contributed by atoms with van der Waals surface area (Å²) >= 11 is 1.77. The van der Waals surface area contributed by atoms with Crippen molar-refractivity contribution in [1.82, 2.24) is 0 Å². The highest BCUT2D eigenvalue weighted by Crippen LogP contribution is 2.23. The number of allylic oxidation sites excluding steroid dienone is 4. The third-order valence-electron chi connectivity index (χ3n) is 4.04. The molecule has 0 spiro atoms. The SMILES string of the molecule is C=C/C=C(C)\C=C/SCc1ccc(OCCCOc2cccc(OC(C)(C)C)c2)cc1. The predicted octanol–water partition coefficient (Wildman–Crippen LogP) is 7.59. The molecule has 0 amide bonds. The van der Waals surface area contributed by atoms with Gasteiger partial charge in [-0.25, -0.2) is 0 Å². The van der Waals surface area contributed by atoms with E-state index in [0.29, 0.717) is 13.2 Å². The van der Waals surface area contributed by atoms with Gasteiger partial charge in [0.25, 0.3) is 0 Å². The van der Waals surface area contributed by atoms with Crippen LogP contribution in [0.5, 0.6) is 17.2 Å². The molecular formula is C27H34O3S. The predicted molar refractivity (Wildman–Crippen MR) is 133 cm³/mol. The molecule has 0 radical (unpaired) electrons. The van der Waals surface area contributed by atoms with Crippen molar-refractivity contribution in [2.75, 3.05) is 13.2 Å². The van der Waals surface area contributed by atoms with Crippen molar-refractivity contribution in [3.63, 3.8) is 0 Å². The molecule has 2 aromatic rings. The number of thioether (sulfide) groups is 1. The summed E-state index contributed by atoms with van der Waals surface area (Å²) in [6, 6.07) is 16.0. The molecule has 0 aliphatic rings. The van der Waals surface area contributed by atoms with Crippen molar-refractivity contribution >= 4 is 11.8 Å². The Morgan fingerprint density at radius 2 is 1.65 bits per heavy atom. The Morgan fingerprint density at radius 3 is 2.32 bits per heavy atom. The molecule has 31 heavy (non-hydrogen) atoms. The quantitative estimate of drug-likeness (QED) is 0.252. The first kappa shape index (κ1) is 24.7. The van der Waals surface area contributed by atoms with Gasteiger partial charge in [0.1, 0.15) is 22.8 Å². The first-order chi connectivity index (χ1) is 14.9. The first-order valence-corrected chi connectivity index (χ1v) is 11.6. The van der Waals surface area contributed by atoms with E-state index in [-0.39, 0.29) is 5.60 Å². The van der Waals surface area contributed by atoms with Crippen molar-refractivity contribution in [3.05, 3.63) is 89.9 Å². The number of ether oxygens (including phenoxy) is 3. The van der Waals surface area contributed by atoms with Gasteiger partial charge in [0.05, 0.1) is 13.2 Å². The Morgan fingerprint density at radius 1 is 0.968 bits per heavy atom. The molecule has 0 unspecified atom stereocenters. The van der Waals surface area contributed by atoms with Crippen LogP contribution in [-0.2, 0) is 5.75 Å². The summed E-state index contributed by atoms with van der Waals surface area (Å²) in [4.78, 5) is 0. The molecule has 0 aliphatic heterocycles. The van der Waals surface area contributed by atoms with Crippen LogP contribution in [0.1, 0.15) is 39.7 Å². The van der Waals surface area contributed by atoms with Gasteiger partial charge in [0.2, 0.25) is 0 Å². The molecule has 0 N–H and O–H groups in total. The highest BCUT2D eigenvalue weighted by molar-refractivity contribution is 8.01. The number of hydrogen-bond acceptors (Lipinski definition) is 4. The fourth-order valence-corrected chi connectivity index (χ4v) is 3.44. The van der Waals surface area contributed by atoms with E-state index in [1.807, 2.05) is 63.2 Å². The second-order valence-electron chi connectivity index (χ2n) is 8.14. The Kier molecular flexibility index (Phi) is 10.3. The monoisotopic (exact) mass is 438 g/mol. The van der Waals surface area contributed by atoms with Crippen molar-refractivity contribution in [1.29, 1.82) is 0 Å². The maximum Gasteiger partial charge on any atom is 0.123 e. The Balaban J connectivity index is 1.66. The van der Waals surface area contributed by atoms with Crippen molar-refractivity contribution < 1.29 is 14.2 Å². The van der Waals surface area contributed by atoms with E-state index in [1.165, 1.54) is 11.1 Å². The number of hydrogen-bond donors (Lipinski definition) is 0. The van der Waals surface area contributed by atoms with Crippen molar-refractivity contribution in [2.45, 2.75) is 45.5 Å². The Labute approximate surface area is 191 Å². The van der Waals surface area contributed by atoms with E-state index in [9.17, 15) is 0 Å². The van der Waals surface area contributed by atoms with Crippen LogP contribution in [0, 0.1) is 0 Å². The van der Waals surface area contributed by atoms with Crippen LogP contribution in [0.2, 0.25) is 0 Å². The Hall–Kier alpha value is -2.59. The van der Waals surface area contributed by atoms with Crippen molar-refractivity contribution in [2.24, 2.45) is 0 Å². The van der Waals surface area contributed by atoms with Crippen LogP contribution in [0.3, 0.4) is 0 Å². The molecule has 0 saturated heterocycles. The van der Waals surface area contributed by atoms with Gasteiger partial charge in [-0.2, -0.15) is 0 Å². The fraction of sp³-hybridized carbons (Fsp3) is 0.333. The highest BCUT2D eigenvalue weighted by atomic mass is 32.2. The molecule has 4 heteroatoms. The van der Waals surface area contributed by atoms with Gasteiger partial charge in [0, 0.05) is 18.2 Å². The van der Waals surface area contributed by atoms with Crippen LogP contribution in [0.15, 0.2) is 84.3 Å². The fourth-order valence-electron chi connectivity index (χ4n) is 2.64. The molecule has 0 fully saturated rings. The minimum atomic E-state index is -0.223. The van der Waals surface area contributed by atoms with E-state index in [2.05, 4.69) is 37.1 Å². The van der Waals surface area contributed by atoms with Gasteiger partial charge >= 0.3 is 0 Å². The van der Waals surface area contributed by atoms with Crippen LogP contribution in [0.25, 0.3) is 0 Å². The average molecular weight is 439 g/mol. The summed E-state index contributed by atoms with van der Waals surface area (Å²) in [6.07, 6.45) is 6.70. The molecule has 0 aromatic heterocycles. The zero-order valence-corrected chi connectivity index (χ0v) is 19.9. The molecule has 0 aliphatic carbocycles. The maximum absolute atomic E-state index is 5.87. The van der Waals surface area contributed by atoms with E-state index in [0.717, 1.165) is 29.4 Å². The maximum atomic E-state index is 5.87. The van der Waals surface area contributed by atoms with E-state index in [1.54, 1.807) is 17.8 Å². The molecule has 0 bridgehead atoms. The van der Waals surface area contributed by atoms with Crippen LogP contribution in [0.4, 0.5) is 0 Å². The molecule has 2 aromatic carbocycles. The van der Waals surface area contributed by atoms with Crippen LogP contribution < -0.4 is 14.2 Å². The van der Waals surface area contributed by atoms with Crippen LogP contribution >= 0.6 is 11.8 Å². The standard InChI is InChI=1S/C27H34O3S/c1-6-9-22(2)16-19-31-21-23-12-14-24(15-13-23)28-17-8-18-29-25-10-7-11-26(20-25)30-27(3,4)5/h6-7,9-16,19-20H,1,8,17-18,21H2,2-5H3/b19-16-,22-9-. The van der Waals surface area contributed by atoms with Gasteiger partial charge in [-0.15, -0.1) is 11.8 Å². The number of benzene rings is 2. The first-order valence-electron chi connectivity index (χ1n) is 10.6. The van der Waals surface area contributed by atoms with Gasteiger partial charge in [-0.1, -0.05) is 48.6 Å². The third-order valence-corrected chi connectivity index (χ3v) is 4.87. The second kappa shape index (κ2) is 13.0. The lowest BCUT2D eigenvalue weighted by molar-refractivity contribution is 0.130. The lowest BCUT2D eigenvalue weighted by Crippen LogP contribution is -2.22. The summed E-state index contributed by atoms with van der Waals surface area (Å²) in [5.74, 6) is 3.45. The smallest absolute Gasteiger partial charge is 0.123 e. The lowest BCUT2D eigenvalue weighted by Gasteiger charge is -2.21. The molecule has 3 nitrogen and oxygen atoms in total. The summed E-state index contributed by atoms with van der Waals surface area (Å²) in [7, 11) is 0. The van der Waals surface area contributed by atoms with E-state index in [4.69, 9.17) is 14.2 Å². The lowest BCUT2D eigenvalue weighted by atomic mass is 10.2. The summed E-state index contributed by atoms with van der Waals surface area (Å²) in [5.41, 5.74) is 2.24. The summed E-state index contributed by atoms with van der Waals surface area (Å²) in [5, 5.41) is 2.12. The van der Waals surface area contributed by atoms with E-state index < -0.39 is 0 Å². The van der Waals surface area contributed by atoms with Crippen molar-refractivity contribution in [3.8, 4) is 17.2 Å².